The number of hydrogen-bond acceptors (Lipinski definition) is 2. The summed E-state index contributed by atoms with van der Waals surface area (Å²) in [5.74, 6) is 0.447. The number of halogens is 2. The van der Waals surface area contributed by atoms with Crippen LogP contribution in [0.15, 0.2) is 23.2 Å². The number of aryl methyl sites for hydroxylation is 1. The molecule has 0 aromatic heterocycles. The highest BCUT2D eigenvalue weighted by Gasteiger charge is 2.04. The predicted molar refractivity (Wildman–Crippen MR) is 107 cm³/mol. The number of rotatable bonds is 7. The van der Waals surface area contributed by atoms with Gasteiger partial charge in [0.1, 0.15) is 5.82 Å². The summed E-state index contributed by atoms with van der Waals surface area (Å²) < 4.78 is 13.3. The lowest BCUT2D eigenvalue weighted by Crippen LogP contribution is -2.40. The Morgan fingerprint density at radius 2 is 2.00 bits per heavy atom. The molecule has 0 atom stereocenters. The van der Waals surface area contributed by atoms with Gasteiger partial charge in [0.25, 0.3) is 0 Å². The molecule has 136 valence electrons. The van der Waals surface area contributed by atoms with E-state index in [1.165, 1.54) is 6.07 Å². The predicted octanol–water partition coefficient (Wildman–Crippen LogP) is 2.72. The maximum absolute atomic E-state index is 13.3. The standard InChI is InChI=1S/C17H27FN4O.HI/c1-5-19-17(20-9-8-16(23)22-12(2)3)21-11-14-6-7-15(18)13(4)10-14;/h6-7,10,12H,5,8-9,11H2,1-4H3,(H,22,23)(H2,19,20,21);1H. The Morgan fingerprint density at radius 1 is 1.29 bits per heavy atom. The van der Waals surface area contributed by atoms with Crippen LogP contribution in [-0.4, -0.2) is 31.0 Å². The van der Waals surface area contributed by atoms with E-state index in [9.17, 15) is 9.18 Å². The molecule has 7 heteroatoms. The van der Waals surface area contributed by atoms with Crippen LogP contribution in [-0.2, 0) is 11.3 Å². The van der Waals surface area contributed by atoms with Crippen LogP contribution in [0.3, 0.4) is 0 Å². The van der Waals surface area contributed by atoms with Gasteiger partial charge in [0.2, 0.25) is 5.91 Å². The van der Waals surface area contributed by atoms with Gasteiger partial charge in [-0.3, -0.25) is 4.79 Å². The average Bonchev–Trinajstić information content (AvgIpc) is 2.47. The smallest absolute Gasteiger partial charge is 0.221 e. The number of carbonyl (C=O) groups excluding carboxylic acids is 1. The van der Waals surface area contributed by atoms with Crippen LogP contribution >= 0.6 is 24.0 Å². The zero-order chi connectivity index (χ0) is 17.2. The summed E-state index contributed by atoms with van der Waals surface area (Å²) in [5, 5.41) is 9.09. The SMILES string of the molecule is CCNC(=NCc1ccc(F)c(C)c1)NCCC(=O)NC(C)C.I. The van der Waals surface area contributed by atoms with E-state index in [0.29, 0.717) is 31.0 Å². The molecule has 0 spiro atoms. The third-order valence-electron chi connectivity index (χ3n) is 3.08. The first-order valence-corrected chi connectivity index (χ1v) is 7.99. The maximum Gasteiger partial charge on any atom is 0.221 e. The Labute approximate surface area is 160 Å². The second-order valence-corrected chi connectivity index (χ2v) is 5.68. The molecule has 0 unspecified atom stereocenters. The molecular formula is C17H28FIN4O. The second-order valence-electron chi connectivity index (χ2n) is 5.68. The molecule has 0 aliphatic carbocycles. The van der Waals surface area contributed by atoms with E-state index in [0.717, 1.165) is 12.1 Å². The van der Waals surface area contributed by atoms with Gasteiger partial charge in [0, 0.05) is 25.6 Å². The fraction of sp³-hybridized carbons (Fsp3) is 0.529. The molecular weight excluding hydrogens is 422 g/mol. The van der Waals surface area contributed by atoms with Crippen LogP contribution in [0.1, 0.15) is 38.3 Å². The molecule has 0 fully saturated rings. The Bertz CT molecular complexity index is 549. The van der Waals surface area contributed by atoms with Gasteiger partial charge in [0.05, 0.1) is 6.54 Å². The molecule has 0 heterocycles. The van der Waals surface area contributed by atoms with Crippen molar-refractivity contribution in [3.63, 3.8) is 0 Å². The molecule has 0 saturated carbocycles. The number of carbonyl (C=O) groups is 1. The Morgan fingerprint density at radius 3 is 2.58 bits per heavy atom. The average molecular weight is 450 g/mol. The second kappa shape index (κ2) is 12.0. The summed E-state index contributed by atoms with van der Waals surface area (Å²) in [6, 6.07) is 5.12. The van der Waals surface area contributed by atoms with Gasteiger partial charge < -0.3 is 16.0 Å². The van der Waals surface area contributed by atoms with Crippen LogP contribution in [0.4, 0.5) is 4.39 Å². The molecule has 1 aromatic rings. The van der Waals surface area contributed by atoms with Gasteiger partial charge in [-0.1, -0.05) is 12.1 Å². The van der Waals surface area contributed by atoms with Gasteiger partial charge in [-0.05, 0) is 44.9 Å². The minimum Gasteiger partial charge on any atom is -0.357 e. The highest BCUT2D eigenvalue weighted by molar-refractivity contribution is 14.0. The molecule has 0 radical (unpaired) electrons. The highest BCUT2D eigenvalue weighted by atomic mass is 127. The molecule has 0 aliphatic rings. The topological polar surface area (TPSA) is 65.5 Å². The van der Waals surface area contributed by atoms with E-state index in [4.69, 9.17) is 0 Å². The van der Waals surface area contributed by atoms with Gasteiger partial charge in [-0.25, -0.2) is 9.38 Å². The number of aliphatic imine (C=N–C) groups is 1. The van der Waals surface area contributed by atoms with Crippen molar-refractivity contribution in [3.8, 4) is 0 Å². The maximum atomic E-state index is 13.3. The first-order chi connectivity index (χ1) is 10.9. The summed E-state index contributed by atoms with van der Waals surface area (Å²) in [5.41, 5.74) is 1.56. The molecule has 1 amide bonds. The highest BCUT2D eigenvalue weighted by Crippen LogP contribution is 2.09. The molecule has 0 aliphatic heterocycles. The van der Waals surface area contributed by atoms with Crippen molar-refractivity contribution in [3.05, 3.63) is 35.1 Å². The Kier molecular flexibility index (Phi) is 11.4. The van der Waals surface area contributed by atoms with Gasteiger partial charge in [0.15, 0.2) is 5.96 Å². The molecule has 0 saturated heterocycles. The van der Waals surface area contributed by atoms with Gasteiger partial charge in [-0.15, -0.1) is 24.0 Å². The number of nitrogens with one attached hydrogen (secondary N) is 3. The first-order valence-electron chi connectivity index (χ1n) is 7.99. The van der Waals surface area contributed by atoms with E-state index in [-0.39, 0.29) is 41.7 Å². The number of hydrogen-bond donors (Lipinski definition) is 3. The van der Waals surface area contributed by atoms with Crippen molar-refractivity contribution < 1.29 is 9.18 Å². The van der Waals surface area contributed by atoms with Crippen LogP contribution in [0.2, 0.25) is 0 Å². The lowest BCUT2D eigenvalue weighted by molar-refractivity contribution is -0.121. The quantitative estimate of drug-likeness (QED) is 0.340. The third kappa shape index (κ3) is 9.05. The summed E-state index contributed by atoms with van der Waals surface area (Å²) in [6.45, 7) is 9.26. The summed E-state index contributed by atoms with van der Waals surface area (Å²) >= 11 is 0. The number of benzene rings is 1. The van der Waals surface area contributed by atoms with E-state index in [1.54, 1.807) is 19.1 Å². The molecule has 24 heavy (non-hydrogen) atoms. The molecule has 1 aromatic carbocycles. The zero-order valence-electron chi connectivity index (χ0n) is 14.8. The molecule has 5 nitrogen and oxygen atoms in total. The lowest BCUT2D eigenvalue weighted by atomic mass is 10.1. The third-order valence-corrected chi connectivity index (χ3v) is 3.08. The van der Waals surface area contributed by atoms with Crippen molar-refractivity contribution in [1.29, 1.82) is 0 Å². The van der Waals surface area contributed by atoms with E-state index < -0.39 is 0 Å². The van der Waals surface area contributed by atoms with Gasteiger partial charge >= 0.3 is 0 Å². The number of guanidine groups is 1. The summed E-state index contributed by atoms with van der Waals surface area (Å²) in [4.78, 5) is 16.0. The molecule has 1 rings (SSSR count). The van der Waals surface area contributed by atoms with Crippen LogP contribution in [0.5, 0.6) is 0 Å². The number of nitrogens with zero attached hydrogens (tertiary/aromatic N) is 1. The van der Waals surface area contributed by atoms with Crippen LogP contribution in [0, 0.1) is 12.7 Å². The Hall–Kier alpha value is -1.38. The summed E-state index contributed by atoms with van der Waals surface area (Å²) in [7, 11) is 0. The Balaban J connectivity index is 0.00000529. The van der Waals surface area contributed by atoms with Crippen LogP contribution < -0.4 is 16.0 Å². The van der Waals surface area contributed by atoms with Crippen molar-refractivity contribution in [2.45, 2.75) is 46.7 Å². The summed E-state index contributed by atoms with van der Waals surface area (Å²) in [6.07, 6.45) is 0.387. The molecule has 0 bridgehead atoms. The van der Waals surface area contributed by atoms with Gasteiger partial charge in [-0.2, -0.15) is 0 Å². The minimum absolute atomic E-state index is 0. The van der Waals surface area contributed by atoms with E-state index in [2.05, 4.69) is 20.9 Å². The largest absolute Gasteiger partial charge is 0.357 e. The lowest BCUT2D eigenvalue weighted by Gasteiger charge is -2.12. The zero-order valence-corrected chi connectivity index (χ0v) is 17.1. The number of amides is 1. The van der Waals surface area contributed by atoms with E-state index >= 15 is 0 Å². The monoisotopic (exact) mass is 450 g/mol. The molecule has 3 N–H and O–H groups in total. The van der Waals surface area contributed by atoms with Crippen molar-refractivity contribution in [1.82, 2.24) is 16.0 Å². The minimum atomic E-state index is -0.209. The normalized spacial score (nSPS) is 11.0. The fourth-order valence-electron chi connectivity index (χ4n) is 2.01. The first kappa shape index (κ1) is 22.6. The van der Waals surface area contributed by atoms with E-state index in [1.807, 2.05) is 20.8 Å². The van der Waals surface area contributed by atoms with Crippen molar-refractivity contribution >= 4 is 35.8 Å². The van der Waals surface area contributed by atoms with Crippen LogP contribution in [0.25, 0.3) is 0 Å². The van der Waals surface area contributed by atoms with Crippen molar-refractivity contribution in [2.75, 3.05) is 13.1 Å². The van der Waals surface area contributed by atoms with Crippen molar-refractivity contribution in [2.24, 2.45) is 4.99 Å². The fourth-order valence-corrected chi connectivity index (χ4v) is 2.01.